The van der Waals surface area contributed by atoms with E-state index < -0.39 is 18.5 Å². The molecule has 0 saturated heterocycles. The maximum absolute atomic E-state index is 10.4. The summed E-state index contributed by atoms with van der Waals surface area (Å²) in [6.07, 6.45) is -0.169. The van der Waals surface area contributed by atoms with Crippen molar-refractivity contribution >= 4 is 11.9 Å². The zero-order chi connectivity index (χ0) is 11.4. The molecule has 0 radical (unpaired) electrons. The first-order valence-corrected chi connectivity index (χ1v) is 3.29. The first-order chi connectivity index (χ1) is 6.25. The summed E-state index contributed by atoms with van der Waals surface area (Å²) in [5.74, 6) is -1.68. The number of aliphatic imine (C=N–C) groups is 1. The lowest BCUT2D eigenvalue weighted by molar-refractivity contribution is -0.138. The number of carboxylic acids is 1. The van der Waals surface area contributed by atoms with Gasteiger partial charge in [0.05, 0.1) is 2.74 Å². The van der Waals surface area contributed by atoms with Gasteiger partial charge in [0.25, 0.3) is 0 Å². The van der Waals surface area contributed by atoms with Crippen molar-refractivity contribution in [1.82, 2.24) is 0 Å². The molecule has 0 aliphatic rings. The molecular weight excluding hydrogens is 162 g/mol. The molecule has 0 aliphatic carbocycles. The van der Waals surface area contributed by atoms with Crippen molar-refractivity contribution in [3.8, 4) is 0 Å². The number of rotatable bonds is 5. The zero-order valence-electron chi connectivity index (χ0n) is 8.53. The Labute approximate surface area is 73.2 Å². The van der Waals surface area contributed by atoms with E-state index in [4.69, 9.17) is 25.0 Å². The normalized spacial score (nSPS) is 19.8. The van der Waals surface area contributed by atoms with Crippen molar-refractivity contribution in [2.24, 2.45) is 22.2 Å². The fraction of sp³-hybridized carbons (Fsp3) is 0.667. The lowest BCUT2D eigenvalue weighted by Crippen LogP contribution is -2.30. The molecule has 0 saturated carbocycles. The number of nitrogens with zero attached hydrogens (tertiary/aromatic N) is 1. The number of guanidine groups is 1. The van der Waals surface area contributed by atoms with E-state index in [9.17, 15) is 4.79 Å². The van der Waals surface area contributed by atoms with E-state index in [2.05, 4.69) is 4.99 Å². The van der Waals surface area contributed by atoms with Gasteiger partial charge < -0.3 is 22.3 Å². The van der Waals surface area contributed by atoms with E-state index in [1.165, 1.54) is 0 Å². The third-order valence-corrected chi connectivity index (χ3v) is 1.06. The molecule has 6 nitrogen and oxygen atoms in total. The minimum atomic E-state index is -2.09. The highest BCUT2D eigenvalue weighted by Gasteiger charge is 2.09. The van der Waals surface area contributed by atoms with Gasteiger partial charge in [-0.3, -0.25) is 9.79 Å². The number of hydrogen-bond donors (Lipinski definition) is 4. The largest absolute Gasteiger partial charge is 0.480 e. The first-order valence-electron chi connectivity index (χ1n) is 4.36. The third kappa shape index (κ3) is 5.48. The van der Waals surface area contributed by atoms with Crippen molar-refractivity contribution in [2.45, 2.75) is 18.9 Å². The Morgan fingerprint density at radius 3 is 2.75 bits per heavy atom. The maximum atomic E-state index is 10.4. The van der Waals surface area contributed by atoms with Crippen LogP contribution in [0.25, 0.3) is 0 Å². The highest BCUT2D eigenvalue weighted by molar-refractivity contribution is 5.75. The van der Waals surface area contributed by atoms with Gasteiger partial charge in [0, 0.05) is 6.52 Å². The van der Waals surface area contributed by atoms with Crippen molar-refractivity contribution in [3.05, 3.63) is 0 Å². The van der Waals surface area contributed by atoms with E-state index in [1.807, 2.05) is 0 Å². The van der Waals surface area contributed by atoms with Crippen LogP contribution >= 0.6 is 0 Å². The minimum absolute atomic E-state index is 0.0181. The highest BCUT2D eigenvalue weighted by Crippen LogP contribution is 1.94. The molecule has 0 rings (SSSR count). The van der Waals surface area contributed by atoms with Crippen molar-refractivity contribution < 1.29 is 12.6 Å². The van der Waals surface area contributed by atoms with Gasteiger partial charge in [0.2, 0.25) is 0 Å². The Hall–Kier alpha value is -1.30. The molecule has 2 atom stereocenters. The standard InChI is InChI=1S/C6H14N4O2/c7-4(5(11)12)2-1-3-10-6(8)9/h4H,1-3,7H2,(H,11,12)(H4,8,9,10)/t4-/m1/s1/i3+1D,4+1D/t3?,4-. The van der Waals surface area contributed by atoms with Crippen LogP contribution in [0.3, 0.4) is 0 Å². The second-order valence-electron chi connectivity index (χ2n) is 2.11. The Kier molecular flexibility index (Phi) is 3.29. The van der Waals surface area contributed by atoms with Gasteiger partial charge in [-0.15, -0.1) is 0 Å². The van der Waals surface area contributed by atoms with E-state index in [0.29, 0.717) is 0 Å². The Morgan fingerprint density at radius 1 is 1.75 bits per heavy atom. The van der Waals surface area contributed by atoms with Crippen molar-refractivity contribution in [1.29, 1.82) is 0 Å². The zero-order valence-corrected chi connectivity index (χ0v) is 6.53. The molecule has 6 heteroatoms. The second-order valence-corrected chi connectivity index (χ2v) is 2.11. The molecular formula is C6H14N4O2. The number of hydrogen-bond acceptors (Lipinski definition) is 3. The maximum Gasteiger partial charge on any atom is 0.320 e. The lowest BCUT2D eigenvalue weighted by atomic mass is 10.4. The fourth-order valence-electron chi connectivity index (χ4n) is 0.497. The Morgan fingerprint density at radius 2 is 2.33 bits per heavy atom. The number of carbonyl (C=O) groups is 1. The number of aliphatic carboxylic acids is 1. The van der Waals surface area contributed by atoms with Crippen LogP contribution in [0.15, 0.2) is 4.99 Å². The van der Waals surface area contributed by atoms with E-state index in [1.54, 1.807) is 0 Å². The summed E-state index contributed by atoms with van der Waals surface area (Å²) in [5, 5.41) is 8.48. The summed E-state index contributed by atoms with van der Waals surface area (Å²) in [5.41, 5.74) is 15.1. The molecule has 0 heterocycles. The second kappa shape index (κ2) is 5.36. The molecule has 0 aromatic rings. The molecule has 0 fully saturated rings. The first kappa shape index (κ1) is 7.35. The topological polar surface area (TPSA) is 128 Å². The van der Waals surface area contributed by atoms with Gasteiger partial charge in [0.1, 0.15) is 6.02 Å². The summed E-state index contributed by atoms with van der Waals surface area (Å²) in [7, 11) is 0. The molecule has 0 bridgehead atoms. The monoisotopic (exact) mass is 178 g/mol. The smallest absolute Gasteiger partial charge is 0.320 e. The molecule has 12 heavy (non-hydrogen) atoms. The molecule has 7 N–H and O–H groups in total. The predicted octanol–water partition coefficient (Wildman–Crippen LogP) is -1.55. The number of carboxylic acid groups (broad SMARTS) is 1. The SMILES string of the molecule is [2H][13CH](CC[13C@@]([2H])(N)C(=O)O)N=C(N)N. The van der Waals surface area contributed by atoms with Crippen LogP contribution in [0.5, 0.6) is 0 Å². The summed E-state index contributed by atoms with van der Waals surface area (Å²) in [6, 6.07) is -2.09. The molecule has 1 unspecified atom stereocenters. The van der Waals surface area contributed by atoms with Gasteiger partial charge in [0.15, 0.2) is 5.96 Å². The molecule has 70 valence electrons. The van der Waals surface area contributed by atoms with Crippen LogP contribution in [-0.2, 0) is 4.79 Å². The Balaban J connectivity index is 4.06. The fourth-order valence-corrected chi connectivity index (χ4v) is 0.497. The summed E-state index contributed by atoms with van der Waals surface area (Å²) < 4.78 is 14.4. The van der Waals surface area contributed by atoms with Gasteiger partial charge >= 0.3 is 5.97 Å². The predicted molar refractivity (Wildman–Crippen MR) is 45.5 cm³/mol. The van der Waals surface area contributed by atoms with Crippen LogP contribution < -0.4 is 17.2 Å². The van der Waals surface area contributed by atoms with Gasteiger partial charge in [-0.1, -0.05) is 0 Å². The van der Waals surface area contributed by atoms with E-state index in [0.717, 1.165) is 0 Å². The van der Waals surface area contributed by atoms with E-state index in [-0.39, 0.29) is 18.8 Å². The van der Waals surface area contributed by atoms with Gasteiger partial charge in [-0.25, -0.2) is 0 Å². The summed E-state index contributed by atoms with van der Waals surface area (Å²) >= 11 is 0. The average Bonchev–Trinajstić information content (AvgIpc) is 1.99. The Bertz CT molecular complexity index is 240. The lowest BCUT2D eigenvalue weighted by Gasteiger charge is -2.03. The summed E-state index contributed by atoms with van der Waals surface area (Å²) in [4.78, 5) is 13.8. The molecule has 0 aromatic carbocycles. The minimum Gasteiger partial charge on any atom is -0.480 e. The van der Waals surface area contributed by atoms with Crippen LogP contribution in [0.1, 0.15) is 15.6 Å². The summed E-state index contributed by atoms with van der Waals surface area (Å²) in [6.45, 7) is -0.979. The van der Waals surface area contributed by atoms with Crippen molar-refractivity contribution in [3.63, 3.8) is 0 Å². The molecule has 0 amide bonds. The van der Waals surface area contributed by atoms with Crippen molar-refractivity contribution in [2.75, 3.05) is 6.52 Å². The highest BCUT2D eigenvalue weighted by atomic mass is 16.4. The molecule has 0 spiro atoms. The van der Waals surface area contributed by atoms with E-state index >= 15 is 0 Å². The van der Waals surface area contributed by atoms with Crippen LogP contribution in [0, 0.1) is 0 Å². The molecule has 0 aromatic heterocycles. The third-order valence-electron chi connectivity index (χ3n) is 1.06. The quantitative estimate of drug-likeness (QED) is 0.230. The van der Waals surface area contributed by atoms with Crippen LogP contribution in [0.4, 0.5) is 0 Å². The average molecular weight is 178 g/mol. The molecule has 0 aliphatic heterocycles. The van der Waals surface area contributed by atoms with Crippen LogP contribution in [-0.4, -0.2) is 29.6 Å². The van der Waals surface area contributed by atoms with Crippen LogP contribution in [0.2, 0.25) is 0 Å². The van der Waals surface area contributed by atoms with Gasteiger partial charge in [-0.05, 0) is 12.8 Å². The van der Waals surface area contributed by atoms with Gasteiger partial charge in [-0.2, -0.15) is 0 Å². The number of nitrogens with two attached hydrogens (primary N) is 3.